The molecular weight excluding hydrogens is 840 g/mol. The molecule has 0 saturated carbocycles. The molecule has 0 spiro atoms. The van der Waals surface area contributed by atoms with Gasteiger partial charge in [-0.05, 0) is 35.4 Å². The molecule has 21 nitrogen and oxygen atoms in total. The second-order valence-corrected chi connectivity index (χ2v) is 14.2. The zero-order valence-electron chi connectivity index (χ0n) is 30.8. The summed E-state index contributed by atoms with van der Waals surface area (Å²) in [7, 11) is 0. The smallest absolute Gasteiger partial charge is 0.208 e. The highest BCUT2D eigenvalue weighted by atomic mass is 16.4. The van der Waals surface area contributed by atoms with Crippen LogP contribution in [0.1, 0.15) is 0 Å². The highest BCUT2D eigenvalue weighted by Crippen LogP contribution is 2.66. The van der Waals surface area contributed by atoms with Gasteiger partial charge in [0, 0.05) is 54.4 Å². The van der Waals surface area contributed by atoms with Gasteiger partial charge in [0.2, 0.25) is 57.5 Å². The summed E-state index contributed by atoms with van der Waals surface area (Å²) in [6.07, 6.45) is 0. The molecule has 0 atom stereocenters. The van der Waals surface area contributed by atoms with Crippen molar-refractivity contribution in [2.24, 2.45) is 0 Å². The fraction of sp³-hybridized carbons (Fsp3) is 0. The van der Waals surface area contributed by atoms with Crippen LogP contribution in [0.5, 0.6) is 115 Å². The average Bonchev–Trinajstić information content (AvgIpc) is 3.64. The Labute approximate surface area is 345 Å². The predicted octanol–water partition coefficient (Wildman–Crippen LogP) is 6.16. The third kappa shape index (κ3) is 4.68. The van der Waals surface area contributed by atoms with Crippen LogP contribution in [0.15, 0.2) is 40.8 Å². The van der Waals surface area contributed by atoms with Crippen LogP contribution < -0.4 is 0 Å². The van der Waals surface area contributed by atoms with E-state index in [0.717, 1.165) is 0 Å². The molecule has 0 amide bonds. The second-order valence-electron chi connectivity index (χ2n) is 14.2. The van der Waals surface area contributed by atoms with Crippen molar-refractivity contribution in [3.8, 4) is 148 Å². The maximum Gasteiger partial charge on any atom is 0.208 e. The van der Waals surface area contributed by atoms with E-state index in [2.05, 4.69) is 0 Å². The first-order chi connectivity index (χ1) is 29.6. The molecule has 8 aromatic carbocycles. The molecule has 0 saturated heterocycles. The van der Waals surface area contributed by atoms with Gasteiger partial charge in [-0.2, -0.15) is 0 Å². The van der Waals surface area contributed by atoms with Crippen LogP contribution in [-0.2, 0) is 0 Å². The Hall–Kier alpha value is -9.66. The average molecular weight is 867 g/mol. The number of phenols is 20. The van der Waals surface area contributed by atoms with Crippen molar-refractivity contribution in [3.05, 3.63) is 36.4 Å². The Morgan fingerprint density at radius 2 is 0.476 bits per heavy atom. The molecule has 0 unspecified atom stereocenters. The molecule has 1 aromatic heterocycles. The quantitative estimate of drug-likeness (QED) is 0.0537. The Bertz CT molecular complexity index is 3510. The van der Waals surface area contributed by atoms with Crippen molar-refractivity contribution < 1.29 is 107 Å². The molecule has 320 valence electrons. The number of hydrogen-bond acceptors (Lipinski definition) is 21. The van der Waals surface area contributed by atoms with E-state index in [4.69, 9.17) is 4.42 Å². The van der Waals surface area contributed by atoms with Gasteiger partial charge in [-0.3, -0.25) is 0 Å². The van der Waals surface area contributed by atoms with E-state index in [9.17, 15) is 102 Å². The Balaban J connectivity index is 1.47. The molecule has 0 aliphatic carbocycles. The third-order valence-electron chi connectivity index (χ3n) is 11.0. The normalized spacial score (nSPS) is 11.8. The number of aromatic hydroxyl groups is 20. The first-order valence-electron chi connectivity index (χ1n) is 17.6. The Kier molecular flexibility index (Phi) is 7.66. The van der Waals surface area contributed by atoms with Crippen LogP contribution in [0, 0.1) is 0 Å². The largest absolute Gasteiger partial charge is 0.504 e. The first-order valence-corrected chi connectivity index (χ1v) is 17.6. The number of fused-ring (bicyclic) bond motifs is 6. The van der Waals surface area contributed by atoms with Gasteiger partial charge < -0.3 is 107 Å². The van der Waals surface area contributed by atoms with E-state index in [0.29, 0.717) is 10.8 Å². The lowest BCUT2D eigenvalue weighted by Crippen LogP contribution is -1.96. The lowest BCUT2D eigenvalue weighted by atomic mass is 9.81. The molecule has 0 fully saturated rings. The maximum absolute atomic E-state index is 11.6. The molecule has 20 N–H and O–H groups in total. The molecule has 0 radical (unpaired) electrons. The molecule has 0 bridgehead atoms. The van der Waals surface area contributed by atoms with Crippen LogP contribution in [0.2, 0.25) is 0 Å². The summed E-state index contributed by atoms with van der Waals surface area (Å²) >= 11 is 0. The van der Waals surface area contributed by atoms with E-state index in [1.54, 1.807) is 0 Å². The summed E-state index contributed by atoms with van der Waals surface area (Å²) in [4.78, 5) is 0. The van der Waals surface area contributed by atoms with Crippen LogP contribution in [0.25, 0.3) is 87.6 Å². The van der Waals surface area contributed by atoms with Crippen LogP contribution in [-0.4, -0.2) is 102 Å². The molecule has 1 heterocycles. The molecule has 63 heavy (non-hydrogen) atoms. The minimum Gasteiger partial charge on any atom is -0.504 e. The van der Waals surface area contributed by atoms with Crippen molar-refractivity contribution in [2.75, 3.05) is 0 Å². The van der Waals surface area contributed by atoms with Crippen LogP contribution in [0.4, 0.5) is 0 Å². The highest BCUT2D eigenvalue weighted by Gasteiger charge is 2.37. The third-order valence-corrected chi connectivity index (χ3v) is 11.0. The Morgan fingerprint density at radius 3 is 0.857 bits per heavy atom. The fourth-order valence-electron chi connectivity index (χ4n) is 8.09. The monoisotopic (exact) mass is 866 g/mol. The first kappa shape index (κ1) is 38.8. The SMILES string of the molecule is Oc1c(O)c(O)c(-c2ccc3c(c2)oc2cc(-c4c5c(O)c(O)c(O)c(O)c5c(-c5c(O)c(O)c(O)c6c(O)c(O)c(O)c(O)c56)c5c(O)c(O)c(O)c(O)c45)ccc23)c(O)c1O. The highest BCUT2D eigenvalue weighted by molar-refractivity contribution is 6.32. The summed E-state index contributed by atoms with van der Waals surface area (Å²) in [5, 5.41) is 212. The van der Waals surface area contributed by atoms with Gasteiger partial charge >= 0.3 is 0 Å². The molecule has 0 aliphatic rings. The van der Waals surface area contributed by atoms with Crippen molar-refractivity contribution in [3.63, 3.8) is 0 Å². The van der Waals surface area contributed by atoms with Crippen molar-refractivity contribution in [1.82, 2.24) is 0 Å². The zero-order valence-corrected chi connectivity index (χ0v) is 30.8. The summed E-state index contributed by atoms with van der Waals surface area (Å²) < 4.78 is 6.06. The summed E-state index contributed by atoms with van der Waals surface area (Å²) in [5.74, 6) is -27.2. The molecule has 9 rings (SSSR count). The van der Waals surface area contributed by atoms with Crippen molar-refractivity contribution in [2.45, 2.75) is 0 Å². The minimum atomic E-state index is -1.54. The van der Waals surface area contributed by atoms with E-state index >= 15 is 0 Å². The maximum atomic E-state index is 11.6. The number of furan rings is 1. The number of rotatable bonds is 3. The topological polar surface area (TPSA) is 418 Å². The minimum absolute atomic E-state index is 0.00789. The van der Waals surface area contributed by atoms with E-state index in [1.165, 1.54) is 36.4 Å². The van der Waals surface area contributed by atoms with E-state index < -0.39 is 170 Å². The zero-order chi connectivity index (χ0) is 45.7. The van der Waals surface area contributed by atoms with Crippen LogP contribution >= 0.6 is 0 Å². The van der Waals surface area contributed by atoms with Crippen molar-refractivity contribution in [1.29, 1.82) is 0 Å². The summed E-state index contributed by atoms with van der Waals surface area (Å²) in [6.45, 7) is 0. The fourth-order valence-corrected chi connectivity index (χ4v) is 8.09. The number of benzene rings is 8. The predicted molar refractivity (Wildman–Crippen MR) is 216 cm³/mol. The van der Waals surface area contributed by atoms with Gasteiger partial charge in [-0.15, -0.1) is 0 Å². The lowest BCUT2D eigenvalue weighted by Gasteiger charge is -2.24. The van der Waals surface area contributed by atoms with Crippen LogP contribution in [0.3, 0.4) is 0 Å². The van der Waals surface area contributed by atoms with Gasteiger partial charge in [-0.25, -0.2) is 0 Å². The number of hydrogen-bond donors (Lipinski definition) is 20. The van der Waals surface area contributed by atoms with E-state index in [-0.39, 0.29) is 22.3 Å². The van der Waals surface area contributed by atoms with Gasteiger partial charge in [-0.1, -0.05) is 12.1 Å². The van der Waals surface area contributed by atoms with Gasteiger partial charge in [0.05, 0.1) is 10.9 Å². The Morgan fingerprint density at radius 1 is 0.222 bits per heavy atom. The van der Waals surface area contributed by atoms with Crippen molar-refractivity contribution >= 4 is 54.3 Å². The summed E-state index contributed by atoms with van der Waals surface area (Å²) in [5.41, 5.74) is -3.59. The van der Waals surface area contributed by atoms with Gasteiger partial charge in [0.1, 0.15) is 11.2 Å². The second kappa shape index (κ2) is 12.4. The standard InChI is InChI=1S/C42H26O21/c43-23-14(24(44)35(55)42(62)34(23)54)8-2-4-10-9-3-1-7(5-11(9)63-12(10)6-8)13-16-18(28(48)38(58)36(56)25(16)45)15(19-17(13)26(46)37(57)39(59)29(19)49)20-21-22(31(51)33(53)27(20)47)32(52)41(61)40(60)30(21)50/h1-6,43-62H. The number of phenolic OH excluding ortho intramolecular Hbond substituents is 20. The summed E-state index contributed by atoms with van der Waals surface area (Å²) in [6, 6.07) is 7.89. The lowest BCUT2D eigenvalue weighted by molar-refractivity contribution is 0.330. The molecular formula is C42H26O21. The van der Waals surface area contributed by atoms with Gasteiger partial charge in [0.25, 0.3) is 0 Å². The van der Waals surface area contributed by atoms with E-state index in [1.807, 2.05) is 0 Å². The molecule has 0 aliphatic heterocycles. The van der Waals surface area contributed by atoms with Gasteiger partial charge in [0.15, 0.2) is 57.5 Å². The molecule has 21 heteroatoms. The molecule has 9 aromatic rings.